The van der Waals surface area contributed by atoms with Crippen molar-refractivity contribution in [3.8, 4) is 0 Å². The molecular weight excluding hydrogens is 274 g/mol. The second kappa shape index (κ2) is 7.15. The van der Waals surface area contributed by atoms with Crippen molar-refractivity contribution in [1.82, 2.24) is 14.6 Å². The summed E-state index contributed by atoms with van der Waals surface area (Å²) in [7, 11) is -1.90. The van der Waals surface area contributed by atoms with Gasteiger partial charge in [0.1, 0.15) is 0 Å². The second-order valence-corrected chi connectivity index (χ2v) is 7.26. The van der Waals surface area contributed by atoms with E-state index >= 15 is 0 Å². The van der Waals surface area contributed by atoms with Crippen LogP contribution >= 0.6 is 0 Å². The molecule has 1 N–H and O–H groups in total. The number of hydrogen-bond acceptors (Lipinski definition) is 4. The molecule has 1 atom stereocenters. The zero-order valence-corrected chi connectivity index (χ0v) is 13.7. The average molecular weight is 299 g/mol. The van der Waals surface area contributed by atoms with Crippen LogP contribution in [0.4, 0.5) is 0 Å². The van der Waals surface area contributed by atoms with Gasteiger partial charge in [-0.25, -0.2) is 13.4 Å². The predicted molar refractivity (Wildman–Crippen MR) is 80.9 cm³/mol. The van der Waals surface area contributed by atoms with E-state index in [1.165, 1.54) is 4.31 Å². The maximum Gasteiger partial charge on any atom is 0.260 e. The minimum Gasteiger partial charge on any atom is -0.310 e. The maximum atomic E-state index is 12.4. The number of aromatic nitrogens is 1. The molecule has 0 aliphatic carbocycles. The first-order chi connectivity index (χ1) is 9.28. The number of pyridine rings is 1. The molecule has 0 fully saturated rings. The van der Waals surface area contributed by atoms with Crippen molar-refractivity contribution in [2.75, 3.05) is 7.05 Å². The SMILES string of the molecule is CCC(C)N(C)S(=O)(=O)c1ccc(CNC(C)C)cn1. The van der Waals surface area contributed by atoms with Crippen molar-refractivity contribution >= 4 is 10.0 Å². The fourth-order valence-electron chi connectivity index (χ4n) is 1.63. The van der Waals surface area contributed by atoms with Gasteiger partial charge in [-0.05, 0) is 25.0 Å². The third-order valence-electron chi connectivity index (χ3n) is 3.37. The van der Waals surface area contributed by atoms with Gasteiger partial charge in [-0.2, -0.15) is 4.31 Å². The first kappa shape index (κ1) is 17.1. The highest BCUT2D eigenvalue weighted by Gasteiger charge is 2.25. The van der Waals surface area contributed by atoms with E-state index in [-0.39, 0.29) is 11.1 Å². The zero-order valence-electron chi connectivity index (χ0n) is 12.9. The quantitative estimate of drug-likeness (QED) is 0.836. The lowest BCUT2D eigenvalue weighted by Crippen LogP contribution is -2.35. The molecular formula is C14H25N3O2S. The van der Waals surface area contributed by atoms with Gasteiger partial charge in [0.2, 0.25) is 0 Å². The molecule has 1 aromatic heterocycles. The van der Waals surface area contributed by atoms with Crippen LogP contribution in [-0.2, 0) is 16.6 Å². The number of hydrogen-bond donors (Lipinski definition) is 1. The Morgan fingerprint density at radius 1 is 1.30 bits per heavy atom. The topological polar surface area (TPSA) is 62.3 Å². The molecule has 0 bridgehead atoms. The fourth-order valence-corrected chi connectivity index (χ4v) is 2.98. The molecule has 0 saturated heterocycles. The van der Waals surface area contributed by atoms with Gasteiger partial charge in [0.25, 0.3) is 10.0 Å². The van der Waals surface area contributed by atoms with Gasteiger partial charge < -0.3 is 5.32 Å². The fraction of sp³-hybridized carbons (Fsp3) is 0.643. The van der Waals surface area contributed by atoms with Gasteiger partial charge >= 0.3 is 0 Å². The minimum absolute atomic E-state index is 0.0379. The van der Waals surface area contributed by atoms with Crippen LogP contribution in [0.2, 0.25) is 0 Å². The third kappa shape index (κ3) is 4.26. The molecule has 20 heavy (non-hydrogen) atoms. The molecule has 1 aromatic rings. The summed E-state index contributed by atoms with van der Waals surface area (Å²) in [4.78, 5) is 4.10. The van der Waals surface area contributed by atoms with Crippen molar-refractivity contribution in [2.24, 2.45) is 0 Å². The summed E-state index contributed by atoms with van der Waals surface area (Å²) in [6.45, 7) is 8.66. The number of rotatable bonds is 7. The van der Waals surface area contributed by atoms with E-state index in [0.717, 1.165) is 12.0 Å². The largest absolute Gasteiger partial charge is 0.310 e. The predicted octanol–water partition coefficient (Wildman–Crippen LogP) is 2.00. The molecule has 0 aromatic carbocycles. The van der Waals surface area contributed by atoms with Gasteiger partial charge in [-0.1, -0.05) is 26.8 Å². The Balaban J connectivity index is 2.87. The van der Waals surface area contributed by atoms with Crippen LogP contribution in [-0.4, -0.2) is 36.8 Å². The average Bonchev–Trinajstić information content (AvgIpc) is 2.43. The van der Waals surface area contributed by atoms with Crippen molar-refractivity contribution in [3.05, 3.63) is 23.9 Å². The lowest BCUT2D eigenvalue weighted by atomic mass is 10.2. The number of sulfonamides is 1. The summed E-state index contributed by atoms with van der Waals surface area (Å²) in [5.74, 6) is 0. The molecule has 5 nitrogen and oxygen atoms in total. The van der Waals surface area contributed by atoms with Crippen molar-refractivity contribution in [1.29, 1.82) is 0 Å². The molecule has 6 heteroatoms. The Hall–Kier alpha value is -0.980. The van der Waals surface area contributed by atoms with Gasteiger partial charge in [0.15, 0.2) is 5.03 Å². The molecule has 0 spiro atoms. The Morgan fingerprint density at radius 3 is 2.40 bits per heavy atom. The number of nitrogens with zero attached hydrogens (tertiary/aromatic N) is 2. The highest BCUT2D eigenvalue weighted by molar-refractivity contribution is 7.89. The summed E-state index contributed by atoms with van der Waals surface area (Å²) in [6.07, 6.45) is 2.39. The van der Waals surface area contributed by atoms with Gasteiger partial charge in [0.05, 0.1) is 0 Å². The lowest BCUT2D eigenvalue weighted by molar-refractivity contribution is 0.379. The molecule has 114 valence electrons. The van der Waals surface area contributed by atoms with Crippen molar-refractivity contribution < 1.29 is 8.42 Å². The second-order valence-electron chi connectivity index (χ2n) is 5.32. The summed E-state index contributed by atoms with van der Waals surface area (Å²) in [5, 5.41) is 3.38. The summed E-state index contributed by atoms with van der Waals surface area (Å²) in [6, 6.07) is 3.73. The lowest BCUT2D eigenvalue weighted by Gasteiger charge is -2.22. The standard InChI is InChI=1S/C14H25N3O2S/c1-6-12(4)17(5)20(18,19)14-8-7-13(10-16-14)9-15-11(2)3/h7-8,10-12,15H,6,9H2,1-5H3. The van der Waals surface area contributed by atoms with E-state index < -0.39 is 10.0 Å². The highest BCUT2D eigenvalue weighted by Crippen LogP contribution is 2.16. The minimum atomic E-state index is -3.50. The van der Waals surface area contributed by atoms with Crippen LogP contribution in [0.25, 0.3) is 0 Å². The van der Waals surface area contributed by atoms with Crippen LogP contribution in [0.3, 0.4) is 0 Å². The number of nitrogens with one attached hydrogen (secondary N) is 1. The maximum absolute atomic E-state index is 12.4. The van der Waals surface area contributed by atoms with E-state index in [2.05, 4.69) is 24.1 Å². The first-order valence-corrected chi connectivity index (χ1v) is 8.39. The zero-order chi connectivity index (χ0) is 15.3. The van der Waals surface area contributed by atoms with Crippen LogP contribution in [0.1, 0.15) is 39.7 Å². The molecule has 1 unspecified atom stereocenters. The van der Waals surface area contributed by atoms with Crippen molar-refractivity contribution in [3.63, 3.8) is 0 Å². The van der Waals surface area contributed by atoms with E-state index in [0.29, 0.717) is 12.6 Å². The smallest absolute Gasteiger partial charge is 0.260 e. The van der Waals surface area contributed by atoms with E-state index in [9.17, 15) is 8.42 Å². The van der Waals surface area contributed by atoms with Gasteiger partial charge in [-0.15, -0.1) is 0 Å². The first-order valence-electron chi connectivity index (χ1n) is 6.95. The molecule has 0 saturated carbocycles. The van der Waals surface area contributed by atoms with E-state index in [1.54, 1.807) is 25.4 Å². The summed E-state index contributed by atoms with van der Waals surface area (Å²) >= 11 is 0. The molecule has 0 radical (unpaired) electrons. The molecule has 0 aliphatic heterocycles. The highest BCUT2D eigenvalue weighted by atomic mass is 32.2. The van der Waals surface area contributed by atoms with E-state index in [4.69, 9.17) is 0 Å². The monoisotopic (exact) mass is 299 g/mol. The van der Waals surface area contributed by atoms with Gasteiger partial charge in [-0.3, -0.25) is 0 Å². The Morgan fingerprint density at radius 2 is 1.95 bits per heavy atom. The van der Waals surface area contributed by atoms with Crippen LogP contribution in [0.5, 0.6) is 0 Å². The molecule has 1 rings (SSSR count). The normalized spacial score (nSPS) is 13.9. The van der Waals surface area contributed by atoms with Crippen LogP contribution < -0.4 is 5.32 Å². The Bertz CT molecular complexity index is 512. The summed E-state index contributed by atoms with van der Waals surface area (Å²) in [5.41, 5.74) is 0.976. The summed E-state index contributed by atoms with van der Waals surface area (Å²) < 4.78 is 26.1. The Kier molecular flexibility index (Phi) is 6.10. The molecule has 1 heterocycles. The molecule has 0 amide bonds. The molecule has 0 aliphatic rings. The third-order valence-corrected chi connectivity index (χ3v) is 5.26. The van der Waals surface area contributed by atoms with Crippen molar-refractivity contribution in [2.45, 2.75) is 57.8 Å². The van der Waals surface area contributed by atoms with Gasteiger partial charge in [0, 0.05) is 31.9 Å². The van der Waals surface area contributed by atoms with Crippen LogP contribution in [0.15, 0.2) is 23.4 Å². The Labute approximate surface area is 122 Å². The van der Waals surface area contributed by atoms with E-state index in [1.807, 2.05) is 13.8 Å². The van der Waals surface area contributed by atoms with Crippen LogP contribution in [0, 0.1) is 0 Å².